The van der Waals surface area contributed by atoms with Gasteiger partial charge in [-0.3, -0.25) is 0 Å². The van der Waals surface area contributed by atoms with Gasteiger partial charge in [0.15, 0.2) is 0 Å². The van der Waals surface area contributed by atoms with E-state index in [1.165, 1.54) is 111 Å². The molecule has 0 unspecified atom stereocenters. The summed E-state index contributed by atoms with van der Waals surface area (Å²) in [5.41, 5.74) is 24.3. The van der Waals surface area contributed by atoms with Crippen LogP contribution < -0.4 is 4.90 Å². The van der Waals surface area contributed by atoms with Crippen molar-refractivity contribution in [3.63, 3.8) is 0 Å². The van der Waals surface area contributed by atoms with E-state index >= 15 is 0 Å². The highest BCUT2D eigenvalue weighted by molar-refractivity contribution is 6.13. The van der Waals surface area contributed by atoms with Gasteiger partial charge in [0.1, 0.15) is 0 Å². The van der Waals surface area contributed by atoms with Crippen LogP contribution in [-0.4, -0.2) is 4.57 Å². The van der Waals surface area contributed by atoms with Crippen molar-refractivity contribution in [1.29, 1.82) is 0 Å². The first kappa shape index (κ1) is 37.2. The number of para-hydroxylation sites is 4. The van der Waals surface area contributed by atoms with Crippen LogP contribution in [0.2, 0.25) is 0 Å². The Labute approximate surface area is 385 Å². The molecule has 2 heterocycles. The van der Waals surface area contributed by atoms with Crippen molar-refractivity contribution in [1.82, 2.24) is 4.57 Å². The number of hydrogen-bond donors (Lipinski definition) is 0. The molecule has 10 aromatic carbocycles. The number of nitrogens with zero attached hydrogens (tertiary/aromatic N) is 2. The maximum Gasteiger partial charge on any atom is 0.0754 e. The van der Waals surface area contributed by atoms with Gasteiger partial charge in [0.2, 0.25) is 0 Å². The zero-order valence-electron chi connectivity index (χ0n) is 36.8. The maximum atomic E-state index is 2.57. The molecule has 2 aliphatic carbocycles. The Morgan fingerprint density at radius 1 is 0.348 bits per heavy atom. The Morgan fingerprint density at radius 3 is 1.56 bits per heavy atom. The molecule has 0 N–H and O–H groups in total. The normalized spacial score (nSPS) is 14.2. The predicted octanol–water partition coefficient (Wildman–Crippen LogP) is 16.6. The highest BCUT2D eigenvalue weighted by Gasteiger charge is 2.51. The van der Waals surface area contributed by atoms with E-state index in [9.17, 15) is 0 Å². The summed E-state index contributed by atoms with van der Waals surface area (Å²) in [5.74, 6) is 0. The third-order valence-electron chi connectivity index (χ3n) is 15.2. The van der Waals surface area contributed by atoms with E-state index in [2.05, 4.69) is 254 Å². The lowest BCUT2D eigenvalue weighted by Crippen LogP contribution is -2.33. The molecule has 1 aromatic heterocycles. The third kappa shape index (κ3) is 4.80. The van der Waals surface area contributed by atoms with Crippen LogP contribution in [0.1, 0.15) is 47.2 Å². The summed E-state index contributed by atoms with van der Waals surface area (Å²) >= 11 is 0. The first-order chi connectivity index (χ1) is 32.5. The molecule has 11 aromatic rings. The third-order valence-corrected chi connectivity index (χ3v) is 15.2. The molecule has 3 aliphatic rings. The molecule has 1 aliphatic heterocycles. The summed E-state index contributed by atoms with van der Waals surface area (Å²) in [7, 11) is 0. The van der Waals surface area contributed by atoms with E-state index in [-0.39, 0.29) is 5.41 Å². The predicted molar refractivity (Wildman–Crippen MR) is 275 cm³/mol. The van der Waals surface area contributed by atoms with Crippen molar-refractivity contribution in [2.75, 3.05) is 4.90 Å². The van der Waals surface area contributed by atoms with Gasteiger partial charge in [0.05, 0.1) is 39.2 Å². The minimum absolute atomic E-state index is 0.239. The molecule has 0 amide bonds. The van der Waals surface area contributed by atoms with Crippen LogP contribution in [0.3, 0.4) is 0 Å². The number of hydrogen-bond acceptors (Lipinski definition) is 1. The summed E-state index contributed by atoms with van der Waals surface area (Å²) in [6.45, 7) is 4.79. The molecular weight excluding hydrogens is 797 g/mol. The molecule has 0 saturated heterocycles. The fraction of sp³-hybridized carbons (Fsp3) is 0.0625. The van der Waals surface area contributed by atoms with Crippen LogP contribution in [0, 0.1) is 0 Å². The molecule has 0 atom stereocenters. The SMILES string of the molecule is CC1(C)c2ccccc2-c2cccc(N(c3ccccc3-c3ccccc3)c3ccccc3-c3ccc4c(c3)C3(c5ccccc5-c5ccccc53)c3cccc5c6ccccc6n-4c35)c21. The number of aromatic nitrogens is 1. The fourth-order valence-electron chi connectivity index (χ4n) is 12.6. The summed E-state index contributed by atoms with van der Waals surface area (Å²) in [5, 5.41) is 2.57. The van der Waals surface area contributed by atoms with Crippen molar-refractivity contribution in [3.05, 3.63) is 264 Å². The number of anilines is 3. The monoisotopic (exact) mass is 840 g/mol. The summed E-state index contributed by atoms with van der Waals surface area (Å²) in [6, 6.07) is 86.4. The van der Waals surface area contributed by atoms with Gasteiger partial charge in [-0.15, -0.1) is 0 Å². The lowest BCUT2D eigenvalue weighted by atomic mass is 9.65. The highest BCUT2D eigenvalue weighted by atomic mass is 15.2. The van der Waals surface area contributed by atoms with Gasteiger partial charge in [-0.2, -0.15) is 0 Å². The van der Waals surface area contributed by atoms with E-state index in [1.807, 2.05) is 0 Å². The first-order valence-electron chi connectivity index (χ1n) is 23.2. The molecule has 0 bridgehead atoms. The summed E-state index contributed by atoms with van der Waals surface area (Å²) in [4.78, 5) is 2.57. The Kier molecular flexibility index (Phi) is 7.70. The van der Waals surface area contributed by atoms with Gasteiger partial charge < -0.3 is 9.47 Å². The lowest BCUT2D eigenvalue weighted by Gasteiger charge is -2.40. The number of fused-ring (bicyclic) bond motifs is 15. The van der Waals surface area contributed by atoms with E-state index < -0.39 is 5.41 Å². The van der Waals surface area contributed by atoms with Crippen molar-refractivity contribution >= 4 is 38.9 Å². The molecule has 0 saturated carbocycles. The second-order valence-corrected chi connectivity index (χ2v) is 18.7. The fourth-order valence-corrected chi connectivity index (χ4v) is 12.6. The Bertz CT molecular complexity index is 3760. The molecule has 0 fully saturated rings. The first-order valence-corrected chi connectivity index (χ1v) is 23.2. The van der Waals surface area contributed by atoms with Crippen molar-refractivity contribution in [2.45, 2.75) is 24.7 Å². The smallest absolute Gasteiger partial charge is 0.0754 e. The van der Waals surface area contributed by atoms with Gasteiger partial charge in [-0.1, -0.05) is 208 Å². The van der Waals surface area contributed by atoms with E-state index in [0.717, 1.165) is 11.4 Å². The van der Waals surface area contributed by atoms with Crippen molar-refractivity contribution in [3.8, 4) is 50.2 Å². The van der Waals surface area contributed by atoms with E-state index in [1.54, 1.807) is 0 Å². The van der Waals surface area contributed by atoms with Crippen molar-refractivity contribution < 1.29 is 0 Å². The molecule has 14 rings (SSSR count). The summed E-state index contributed by atoms with van der Waals surface area (Å²) in [6.07, 6.45) is 0. The topological polar surface area (TPSA) is 8.17 Å². The second-order valence-electron chi connectivity index (χ2n) is 18.7. The van der Waals surface area contributed by atoms with Gasteiger partial charge in [0, 0.05) is 27.3 Å². The van der Waals surface area contributed by atoms with Crippen LogP contribution in [0.4, 0.5) is 17.1 Å². The zero-order valence-corrected chi connectivity index (χ0v) is 36.8. The number of benzene rings is 10. The van der Waals surface area contributed by atoms with Crippen LogP contribution >= 0.6 is 0 Å². The largest absolute Gasteiger partial charge is 0.309 e. The van der Waals surface area contributed by atoms with Gasteiger partial charge in [-0.25, -0.2) is 0 Å². The van der Waals surface area contributed by atoms with E-state index in [0.29, 0.717) is 0 Å². The lowest BCUT2D eigenvalue weighted by molar-refractivity contribution is 0.661. The molecule has 0 radical (unpaired) electrons. The maximum absolute atomic E-state index is 2.57. The molecule has 2 nitrogen and oxygen atoms in total. The molecule has 66 heavy (non-hydrogen) atoms. The van der Waals surface area contributed by atoms with Crippen molar-refractivity contribution in [2.24, 2.45) is 0 Å². The standard InChI is InChI=1S/C64H44N2/c1-63(2)51-30-12-6-26-47(51)49-28-19-37-60(61(49)63)65(56-34-15-9-22-43(56)41-20-4-3-5-21-41)57-35-16-10-23-44(57)42-38-39-59-55(40-42)64(52-31-13-7-24-45(52)46-25-8-14-32-53(46)64)54-33-18-29-50-48-27-11-17-36-58(48)66(59)62(50)54/h3-40H,1-2H3. The Hall–Kier alpha value is -8.20. The van der Waals surface area contributed by atoms with Crippen LogP contribution in [0.15, 0.2) is 231 Å². The highest BCUT2D eigenvalue weighted by Crippen LogP contribution is 2.62. The number of rotatable bonds is 5. The quantitative estimate of drug-likeness (QED) is 0.168. The van der Waals surface area contributed by atoms with Gasteiger partial charge >= 0.3 is 0 Å². The average Bonchev–Trinajstić information content (AvgIpc) is 3.96. The second kappa shape index (κ2) is 13.7. The van der Waals surface area contributed by atoms with Gasteiger partial charge in [-0.05, 0) is 103 Å². The minimum Gasteiger partial charge on any atom is -0.309 e. The molecular formula is C64H44N2. The zero-order chi connectivity index (χ0) is 43.7. The Morgan fingerprint density at radius 2 is 0.848 bits per heavy atom. The Balaban J connectivity index is 1.08. The van der Waals surface area contributed by atoms with E-state index in [4.69, 9.17) is 0 Å². The van der Waals surface area contributed by atoms with Crippen LogP contribution in [0.25, 0.3) is 72.0 Å². The minimum atomic E-state index is -0.549. The summed E-state index contributed by atoms with van der Waals surface area (Å²) < 4.78 is 2.55. The molecule has 2 heteroatoms. The van der Waals surface area contributed by atoms with Crippen LogP contribution in [-0.2, 0) is 10.8 Å². The molecule has 310 valence electrons. The van der Waals surface area contributed by atoms with Crippen LogP contribution in [0.5, 0.6) is 0 Å². The van der Waals surface area contributed by atoms with Gasteiger partial charge in [0.25, 0.3) is 0 Å². The molecule has 1 spiro atoms. The average molecular weight is 841 g/mol.